The van der Waals surface area contributed by atoms with Crippen LogP contribution in [0.15, 0.2) is 30.4 Å². The van der Waals surface area contributed by atoms with Gasteiger partial charge in [-0.3, -0.25) is 4.79 Å². The lowest BCUT2D eigenvalue weighted by atomic mass is 10.1. The van der Waals surface area contributed by atoms with Crippen molar-refractivity contribution >= 4 is 17.6 Å². The minimum atomic E-state index is -0.501. The van der Waals surface area contributed by atoms with Crippen molar-refractivity contribution in [3.05, 3.63) is 41.5 Å². The van der Waals surface area contributed by atoms with Crippen molar-refractivity contribution in [3.63, 3.8) is 0 Å². The van der Waals surface area contributed by atoms with Crippen LogP contribution in [0.2, 0.25) is 0 Å². The van der Waals surface area contributed by atoms with Gasteiger partial charge in [0.1, 0.15) is 0 Å². The number of anilines is 1. The lowest BCUT2D eigenvalue weighted by Crippen LogP contribution is -2.21. The zero-order chi connectivity index (χ0) is 14.3. The molecule has 1 aromatic carbocycles. The number of hydrogen-bond acceptors (Lipinski definition) is 3. The molecule has 0 saturated heterocycles. The molecule has 0 aliphatic rings. The Morgan fingerprint density at radius 1 is 1.26 bits per heavy atom. The van der Waals surface area contributed by atoms with Crippen LogP contribution < -0.4 is 5.32 Å². The molecular formula is C15H19NO3. The number of allylic oxidation sites excluding steroid dienone is 1. The normalized spacial score (nSPS) is 10.5. The molecule has 1 amide bonds. The number of benzene rings is 1. The molecule has 0 radical (unpaired) electrons. The summed E-state index contributed by atoms with van der Waals surface area (Å²) in [4.78, 5) is 22.9. The molecule has 0 aliphatic carbocycles. The van der Waals surface area contributed by atoms with Gasteiger partial charge >= 0.3 is 5.97 Å². The maximum Gasteiger partial charge on any atom is 0.330 e. The van der Waals surface area contributed by atoms with E-state index in [2.05, 4.69) is 5.32 Å². The highest BCUT2D eigenvalue weighted by Crippen LogP contribution is 2.19. The molecule has 0 fully saturated rings. The van der Waals surface area contributed by atoms with Crippen molar-refractivity contribution in [2.24, 2.45) is 0 Å². The summed E-state index contributed by atoms with van der Waals surface area (Å²) in [6.07, 6.45) is 3.77. The van der Waals surface area contributed by atoms with E-state index in [0.29, 0.717) is 0 Å². The van der Waals surface area contributed by atoms with E-state index in [0.717, 1.165) is 23.2 Å². The van der Waals surface area contributed by atoms with Crippen LogP contribution in [0.25, 0.3) is 0 Å². The SMILES string of the molecule is CC/C=C/C(=O)OCC(=O)Nc1c(C)cccc1C. The van der Waals surface area contributed by atoms with Crippen molar-refractivity contribution in [1.29, 1.82) is 0 Å². The third-order valence-corrected chi connectivity index (χ3v) is 2.58. The van der Waals surface area contributed by atoms with Crippen LogP contribution in [0.5, 0.6) is 0 Å². The maximum absolute atomic E-state index is 11.7. The van der Waals surface area contributed by atoms with Gasteiger partial charge in [0.25, 0.3) is 5.91 Å². The van der Waals surface area contributed by atoms with E-state index >= 15 is 0 Å². The summed E-state index contributed by atoms with van der Waals surface area (Å²) < 4.78 is 4.82. The fourth-order valence-corrected chi connectivity index (χ4v) is 1.59. The Morgan fingerprint density at radius 3 is 2.47 bits per heavy atom. The second kappa shape index (κ2) is 7.36. The van der Waals surface area contributed by atoms with Gasteiger partial charge in [-0.2, -0.15) is 0 Å². The smallest absolute Gasteiger partial charge is 0.330 e. The van der Waals surface area contributed by atoms with E-state index < -0.39 is 5.97 Å². The Balaban J connectivity index is 2.52. The van der Waals surface area contributed by atoms with Crippen LogP contribution in [-0.2, 0) is 14.3 Å². The first kappa shape index (κ1) is 15.0. The Morgan fingerprint density at radius 2 is 1.89 bits per heavy atom. The Labute approximate surface area is 113 Å². The molecule has 0 heterocycles. The number of nitrogens with one attached hydrogen (secondary N) is 1. The molecule has 1 rings (SSSR count). The Kier molecular flexibility index (Phi) is 5.79. The predicted octanol–water partition coefficient (Wildman–Crippen LogP) is 2.75. The average Bonchev–Trinajstić information content (AvgIpc) is 2.38. The lowest BCUT2D eigenvalue weighted by molar-refractivity contribution is -0.142. The summed E-state index contributed by atoms with van der Waals surface area (Å²) in [5, 5.41) is 2.75. The number of hydrogen-bond donors (Lipinski definition) is 1. The maximum atomic E-state index is 11.7. The van der Waals surface area contributed by atoms with E-state index in [9.17, 15) is 9.59 Å². The van der Waals surface area contributed by atoms with E-state index in [1.165, 1.54) is 6.08 Å². The highest BCUT2D eigenvalue weighted by atomic mass is 16.5. The monoisotopic (exact) mass is 261 g/mol. The first-order chi connectivity index (χ1) is 9.04. The van der Waals surface area contributed by atoms with Gasteiger partial charge in [-0.05, 0) is 31.4 Å². The van der Waals surface area contributed by atoms with Gasteiger partial charge in [-0.1, -0.05) is 31.2 Å². The molecule has 1 N–H and O–H groups in total. The van der Waals surface area contributed by atoms with Gasteiger partial charge in [-0.15, -0.1) is 0 Å². The van der Waals surface area contributed by atoms with Crippen LogP contribution in [0.4, 0.5) is 5.69 Å². The van der Waals surface area contributed by atoms with Crippen molar-refractivity contribution in [2.45, 2.75) is 27.2 Å². The second-order valence-corrected chi connectivity index (χ2v) is 4.23. The van der Waals surface area contributed by atoms with E-state index in [-0.39, 0.29) is 12.5 Å². The summed E-state index contributed by atoms with van der Waals surface area (Å²) in [5.41, 5.74) is 2.73. The molecule has 19 heavy (non-hydrogen) atoms. The molecule has 0 unspecified atom stereocenters. The molecule has 0 saturated carbocycles. The Hall–Kier alpha value is -2.10. The van der Waals surface area contributed by atoms with Crippen LogP contribution in [-0.4, -0.2) is 18.5 Å². The average molecular weight is 261 g/mol. The highest BCUT2D eigenvalue weighted by Gasteiger charge is 2.08. The van der Waals surface area contributed by atoms with Gasteiger partial charge in [0.05, 0.1) is 0 Å². The van der Waals surface area contributed by atoms with Gasteiger partial charge < -0.3 is 10.1 Å². The zero-order valence-electron chi connectivity index (χ0n) is 11.5. The third-order valence-electron chi connectivity index (χ3n) is 2.58. The first-order valence-electron chi connectivity index (χ1n) is 6.24. The summed E-state index contributed by atoms with van der Waals surface area (Å²) in [5.74, 6) is -0.839. The number of esters is 1. The fraction of sp³-hybridized carbons (Fsp3) is 0.333. The van der Waals surface area contributed by atoms with E-state index in [4.69, 9.17) is 4.74 Å². The number of carbonyl (C=O) groups is 2. The van der Waals surface area contributed by atoms with Crippen molar-refractivity contribution in [3.8, 4) is 0 Å². The number of amides is 1. The summed E-state index contributed by atoms with van der Waals surface area (Å²) in [7, 11) is 0. The quantitative estimate of drug-likeness (QED) is 0.655. The van der Waals surface area contributed by atoms with E-state index in [1.54, 1.807) is 6.08 Å². The van der Waals surface area contributed by atoms with E-state index in [1.807, 2.05) is 39.0 Å². The van der Waals surface area contributed by atoms with Crippen LogP contribution in [0.3, 0.4) is 0 Å². The van der Waals surface area contributed by atoms with Gasteiger partial charge in [0.2, 0.25) is 0 Å². The molecule has 4 nitrogen and oxygen atoms in total. The van der Waals surface area contributed by atoms with Gasteiger partial charge in [-0.25, -0.2) is 4.79 Å². The fourth-order valence-electron chi connectivity index (χ4n) is 1.59. The minimum absolute atomic E-state index is 0.277. The van der Waals surface area contributed by atoms with Crippen molar-refractivity contribution in [2.75, 3.05) is 11.9 Å². The van der Waals surface area contributed by atoms with Crippen LogP contribution >= 0.6 is 0 Å². The van der Waals surface area contributed by atoms with Crippen molar-refractivity contribution < 1.29 is 14.3 Å². The van der Waals surface area contributed by atoms with Crippen LogP contribution in [0, 0.1) is 13.8 Å². The molecule has 0 aliphatic heterocycles. The van der Waals surface area contributed by atoms with Gasteiger partial charge in [0, 0.05) is 11.8 Å². The second-order valence-electron chi connectivity index (χ2n) is 4.23. The van der Waals surface area contributed by atoms with Crippen molar-refractivity contribution in [1.82, 2.24) is 0 Å². The van der Waals surface area contributed by atoms with Gasteiger partial charge in [0.15, 0.2) is 6.61 Å². The number of para-hydroxylation sites is 1. The summed E-state index contributed by atoms with van der Waals surface area (Å²) >= 11 is 0. The minimum Gasteiger partial charge on any atom is -0.452 e. The molecule has 102 valence electrons. The number of rotatable bonds is 5. The molecule has 4 heteroatoms. The summed E-state index contributed by atoms with van der Waals surface area (Å²) in [6.45, 7) is 5.47. The largest absolute Gasteiger partial charge is 0.452 e. The molecular weight excluding hydrogens is 242 g/mol. The third kappa shape index (κ3) is 4.95. The molecule has 0 bridgehead atoms. The standard InChI is InChI=1S/C15H19NO3/c1-4-5-9-14(18)19-10-13(17)16-15-11(2)7-6-8-12(15)3/h5-9H,4,10H2,1-3H3,(H,16,17)/b9-5+. The Bertz CT molecular complexity index is 472. The molecule has 0 atom stereocenters. The number of aryl methyl sites for hydroxylation is 2. The summed E-state index contributed by atoms with van der Waals surface area (Å²) in [6, 6.07) is 5.76. The lowest BCUT2D eigenvalue weighted by Gasteiger charge is -2.11. The topological polar surface area (TPSA) is 55.4 Å². The molecule has 1 aromatic rings. The first-order valence-corrected chi connectivity index (χ1v) is 6.24. The highest BCUT2D eigenvalue weighted by molar-refractivity contribution is 5.95. The predicted molar refractivity (Wildman–Crippen MR) is 74.9 cm³/mol. The molecule has 0 aromatic heterocycles. The zero-order valence-corrected chi connectivity index (χ0v) is 11.5. The molecule has 0 spiro atoms. The number of carbonyl (C=O) groups excluding carboxylic acids is 2. The van der Waals surface area contributed by atoms with Crippen LogP contribution in [0.1, 0.15) is 24.5 Å². The number of ether oxygens (including phenoxy) is 1.